The van der Waals surface area contributed by atoms with E-state index in [-0.39, 0.29) is 59.0 Å². The fourth-order valence-corrected chi connectivity index (χ4v) is 7.20. The first-order valence-corrected chi connectivity index (χ1v) is 14.5. The maximum absolute atomic E-state index is 13.7. The molecule has 1 aliphatic heterocycles. The Kier molecular flexibility index (Phi) is 6.87. The van der Waals surface area contributed by atoms with Gasteiger partial charge in [-0.2, -0.15) is 0 Å². The van der Waals surface area contributed by atoms with Crippen LogP contribution in [0.25, 0.3) is 11.0 Å². The number of halogens is 4. The Balaban J connectivity index is 1.48. The number of carbonyl (C=O) groups is 1. The predicted molar refractivity (Wildman–Crippen MR) is 139 cm³/mol. The van der Waals surface area contributed by atoms with Gasteiger partial charge in [-0.15, -0.1) is 0 Å². The molecule has 2 aromatic carbocycles. The number of alkyl halides is 2. The van der Waals surface area contributed by atoms with Crippen molar-refractivity contribution in [1.29, 1.82) is 0 Å². The quantitative estimate of drug-likeness (QED) is 0.382. The summed E-state index contributed by atoms with van der Waals surface area (Å²) in [4.78, 5) is 21.7. The van der Waals surface area contributed by atoms with Crippen LogP contribution in [-0.2, 0) is 14.6 Å². The van der Waals surface area contributed by atoms with Crippen molar-refractivity contribution >= 4 is 55.7 Å². The number of piperidine rings is 1. The van der Waals surface area contributed by atoms with E-state index in [1.54, 1.807) is 23.1 Å². The van der Waals surface area contributed by atoms with E-state index in [0.29, 0.717) is 28.1 Å². The van der Waals surface area contributed by atoms with Crippen LogP contribution in [0.4, 0.5) is 14.5 Å². The number of nitrogens with one attached hydrogen (secondary N) is 1. The summed E-state index contributed by atoms with van der Waals surface area (Å²) < 4.78 is 52.6. The molecule has 0 bridgehead atoms. The number of sulfone groups is 1. The molecule has 2 heterocycles. The maximum Gasteiger partial charge on any atom is 0.251 e. The number of carbonyl (C=O) groups excluding carboxylic acids is 1. The Bertz CT molecular complexity index is 1450. The highest BCUT2D eigenvalue weighted by atomic mass is 35.5. The van der Waals surface area contributed by atoms with Crippen LogP contribution in [0.1, 0.15) is 49.4 Å². The van der Waals surface area contributed by atoms with Crippen molar-refractivity contribution in [3.05, 3.63) is 51.8 Å². The molecule has 12 heteroatoms. The van der Waals surface area contributed by atoms with Gasteiger partial charge in [0, 0.05) is 32.4 Å². The van der Waals surface area contributed by atoms with Gasteiger partial charge in [-0.25, -0.2) is 22.2 Å². The molecule has 1 amide bonds. The van der Waals surface area contributed by atoms with Gasteiger partial charge in [0.2, 0.25) is 5.91 Å². The number of hydrogen-bond donors (Lipinski definition) is 2. The Morgan fingerprint density at radius 1 is 1.19 bits per heavy atom. The lowest BCUT2D eigenvalue weighted by Gasteiger charge is -2.34. The van der Waals surface area contributed by atoms with Gasteiger partial charge in [0.1, 0.15) is 5.82 Å². The molecule has 1 atom stereocenters. The molecule has 37 heavy (non-hydrogen) atoms. The van der Waals surface area contributed by atoms with Crippen LogP contribution in [0.5, 0.6) is 0 Å². The molecule has 1 unspecified atom stereocenters. The number of fused-ring (bicyclic) bond motifs is 1. The van der Waals surface area contributed by atoms with E-state index in [1.807, 2.05) is 0 Å². The second-order valence-corrected chi connectivity index (χ2v) is 12.7. The van der Waals surface area contributed by atoms with Crippen LogP contribution in [0.2, 0.25) is 10.0 Å². The molecular formula is C25H26Cl2F2N4O3S. The normalized spacial score (nSPS) is 18.8. The smallest absolute Gasteiger partial charge is 0.251 e. The predicted octanol–water partition coefficient (Wildman–Crippen LogP) is 5.30. The number of rotatable bonds is 8. The van der Waals surface area contributed by atoms with Crippen molar-refractivity contribution in [3.8, 4) is 0 Å². The number of aromatic amines is 1. The first-order chi connectivity index (χ1) is 17.4. The Labute approximate surface area is 223 Å². The number of primary amides is 1. The summed E-state index contributed by atoms with van der Waals surface area (Å²) in [7, 11) is -3.38. The summed E-state index contributed by atoms with van der Waals surface area (Å²) in [5.41, 5.74) is 7.56. The van der Waals surface area contributed by atoms with E-state index in [4.69, 9.17) is 28.9 Å². The zero-order valence-electron chi connectivity index (χ0n) is 19.8. The number of H-pyrrole nitrogens is 1. The second-order valence-electron chi connectivity index (χ2n) is 9.90. The zero-order valence-corrected chi connectivity index (χ0v) is 22.1. The minimum atomic E-state index is -3.38. The van der Waals surface area contributed by atoms with Crippen LogP contribution >= 0.6 is 23.2 Å². The molecule has 1 aliphatic carbocycles. The van der Waals surface area contributed by atoms with Crippen molar-refractivity contribution in [3.63, 3.8) is 0 Å². The van der Waals surface area contributed by atoms with Gasteiger partial charge in [-0.05, 0) is 42.5 Å². The van der Waals surface area contributed by atoms with Gasteiger partial charge in [-0.1, -0.05) is 35.3 Å². The third-order valence-electron chi connectivity index (χ3n) is 7.01. The number of anilines is 1. The molecular weight excluding hydrogens is 545 g/mol. The molecule has 0 radical (unpaired) electrons. The summed E-state index contributed by atoms with van der Waals surface area (Å²) >= 11 is 13.2. The first-order valence-electron chi connectivity index (χ1n) is 12.0. The fourth-order valence-electron chi connectivity index (χ4n) is 4.77. The van der Waals surface area contributed by atoms with Crippen LogP contribution in [0.15, 0.2) is 35.2 Å². The highest BCUT2D eigenvalue weighted by Crippen LogP contribution is 2.42. The highest BCUT2D eigenvalue weighted by Gasteiger charge is 2.36. The molecule has 5 rings (SSSR count). The molecule has 2 aliphatic rings. The highest BCUT2D eigenvalue weighted by molar-refractivity contribution is 7.91. The third-order valence-corrected chi connectivity index (χ3v) is 9.56. The molecule has 1 aromatic heterocycles. The van der Waals surface area contributed by atoms with Gasteiger partial charge < -0.3 is 15.6 Å². The summed E-state index contributed by atoms with van der Waals surface area (Å²) in [6.07, 6.45) is 1.20. The van der Waals surface area contributed by atoms with Crippen molar-refractivity contribution in [2.45, 2.75) is 48.8 Å². The zero-order chi connectivity index (χ0) is 26.5. The fraction of sp³-hybridized carbons (Fsp3) is 0.440. The minimum absolute atomic E-state index is 0.0760. The SMILES string of the molecule is NC(=O)CC(c1ccc(S(=O)(=O)CC2CC2)cc1)c1nc2cc(Cl)c(N3CCC(F)(F)CC3)c(Cl)c2[nH]1. The van der Waals surface area contributed by atoms with E-state index in [9.17, 15) is 22.0 Å². The van der Waals surface area contributed by atoms with Crippen molar-refractivity contribution in [2.24, 2.45) is 11.7 Å². The number of benzene rings is 2. The summed E-state index contributed by atoms with van der Waals surface area (Å²) in [5.74, 6) is -3.09. The Hall–Kier alpha value is -2.43. The molecule has 0 spiro atoms. The number of hydrogen-bond acceptors (Lipinski definition) is 5. The standard InChI is InChI=1S/C25H26Cl2F2N4O3S/c26-18-12-19-22(21(27)23(18)33-9-7-25(28,29)8-10-33)32-24(31-19)17(11-20(30)34)15-3-5-16(6-4-15)37(35,36)13-14-1-2-14/h3-6,12,14,17H,1-2,7-11,13H2,(H2,30,34)(H,31,32). The average Bonchev–Trinajstić information content (AvgIpc) is 3.53. The lowest BCUT2D eigenvalue weighted by atomic mass is 9.95. The van der Waals surface area contributed by atoms with Gasteiger partial charge in [0.25, 0.3) is 5.92 Å². The van der Waals surface area contributed by atoms with Gasteiger partial charge >= 0.3 is 0 Å². The van der Waals surface area contributed by atoms with Crippen molar-refractivity contribution < 1.29 is 22.0 Å². The van der Waals surface area contributed by atoms with Crippen molar-refractivity contribution in [1.82, 2.24) is 9.97 Å². The van der Waals surface area contributed by atoms with Crippen LogP contribution in [0, 0.1) is 5.92 Å². The molecule has 198 valence electrons. The van der Waals surface area contributed by atoms with E-state index in [1.165, 1.54) is 12.1 Å². The van der Waals surface area contributed by atoms with Gasteiger partial charge in [0.15, 0.2) is 9.84 Å². The number of nitrogens with zero attached hydrogens (tertiary/aromatic N) is 2. The van der Waals surface area contributed by atoms with Crippen molar-refractivity contribution in [2.75, 3.05) is 23.7 Å². The Morgan fingerprint density at radius 3 is 2.43 bits per heavy atom. The average molecular weight is 571 g/mol. The third kappa shape index (κ3) is 5.56. The number of nitrogens with two attached hydrogens (primary N) is 1. The second kappa shape index (κ2) is 9.71. The van der Waals surface area contributed by atoms with Gasteiger partial charge in [0.05, 0.1) is 43.3 Å². The first kappa shape index (κ1) is 26.2. The monoisotopic (exact) mass is 570 g/mol. The molecule has 3 aromatic rings. The molecule has 2 fully saturated rings. The molecule has 1 saturated carbocycles. The maximum atomic E-state index is 13.7. The van der Waals surface area contributed by atoms with Crippen LogP contribution in [0.3, 0.4) is 0 Å². The molecule has 7 nitrogen and oxygen atoms in total. The number of aromatic nitrogens is 2. The summed E-state index contributed by atoms with van der Waals surface area (Å²) in [5, 5.41) is 0.545. The van der Waals surface area contributed by atoms with E-state index < -0.39 is 27.6 Å². The lowest BCUT2D eigenvalue weighted by Crippen LogP contribution is -2.39. The summed E-state index contributed by atoms with van der Waals surface area (Å²) in [6.45, 7) is 0.221. The number of amides is 1. The van der Waals surface area contributed by atoms with Gasteiger partial charge in [-0.3, -0.25) is 4.79 Å². The topological polar surface area (TPSA) is 109 Å². The molecule has 1 saturated heterocycles. The minimum Gasteiger partial charge on any atom is -0.370 e. The summed E-state index contributed by atoms with van der Waals surface area (Å²) in [6, 6.07) is 8.01. The molecule has 3 N–H and O–H groups in total. The largest absolute Gasteiger partial charge is 0.370 e. The number of imidazole rings is 1. The van der Waals surface area contributed by atoms with E-state index in [2.05, 4.69) is 9.97 Å². The van der Waals surface area contributed by atoms with Crippen LogP contribution < -0.4 is 10.6 Å². The lowest BCUT2D eigenvalue weighted by molar-refractivity contribution is -0.118. The van der Waals surface area contributed by atoms with Crippen LogP contribution in [-0.4, -0.2) is 49.1 Å². The Morgan fingerprint density at radius 2 is 1.84 bits per heavy atom. The van der Waals surface area contributed by atoms with E-state index >= 15 is 0 Å². The van der Waals surface area contributed by atoms with E-state index in [0.717, 1.165) is 12.8 Å².